The van der Waals surface area contributed by atoms with E-state index in [9.17, 15) is 0 Å². The lowest BCUT2D eigenvalue weighted by Gasteiger charge is -2.30. The Hall–Kier alpha value is -1.56. The molecule has 0 spiro atoms. The number of hydrogen-bond acceptors (Lipinski definition) is 0. The molecule has 0 aliphatic rings. The molecular formula is C24H34. The van der Waals surface area contributed by atoms with Gasteiger partial charge in [-0.3, -0.25) is 0 Å². The van der Waals surface area contributed by atoms with E-state index in [1.807, 2.05) is 0 Å². The van der Waals surface area contributed by atoms with Crippen molar-refractivity contribution in [1.29, 1.82) is 0 Å². The summed E-state index contributed by atoms with van der Waals surface area (Å²) in [5.41, 5.74) is 7.56. The van der Waals surface area contributed by atoms with Gasteiger partial charge in [-0.05, 0) is 51.0 Å². The van der Waals surface area contributed by atoms with Crippen molar-refractivity contribution in [2.45, 2.75) is 78.6 Å². The van der Waals surface area contributed by atoms with Crippen LogP contribution in [-0.2, 0) is 10.8 Å². The minimum atomic E-state index is 0.140. The second-order valence-corrected chi connectivity index (χ2v) is 9.12. The fraction of sp³-hybridized carbons (Fsp3) is 0.500. The van der Waals surface area contributed by atoms with Crippen LogP contribution in [0.2, 0.25) is 0 Å². The molecule has 0 amide bonds. The molecule has 24 heavy (non-hydrogen) atoms. The van der Waals surface area contributed by atoms with Crippen molar-refractivity contribution in [2.75, 3.05) is 0 Å². The van der Waals surface area contributed by atoms with E-state index in [0.717, 1.165) is 6.42 Å². The summed E-state index contributed by atoms with van der Waals surface area (Å²) in [6.45, 7) is 18.6. The molecule has 1 atom stereocenters. The summed E-state index contributed by atoms with van der Waals surface area (Å²) in [4.78, 5) is 0. The predicted octanol–water partition coefficient (Wildman–Crippen LogP) is 7.46. The average molecular weight is 323 g/mol. The normalized spacial score (nSPS) is 13.8. The Kier molecular flexibility index (Phi) is 5.28. The first kappa shape index (κ1) is 18.8. The number of rotatable bonds is 3. The SMILES string of the molecule is CCC(C)c1c(-c2ccccc2C(C)(C)C)cccc1C(C)(C)C. The van der Waals surface area contributed by atoms with Crippen LogP contribution in [0, 0.1) is 0 Å². The minimum absolute atomic E-state index is 0.140. The van der Waals surface area contributed by atoms with Crippen molar-refractivity contribution >= 4 is 0 Å². The van der Waals surface area contributed by atoms with Crippen LogP contribution in [0.4, 0.5) is 0 Å². The van der Waals surface area contributed by atoms with Gasteiger partial charge in [0.15, 0.2) is 0 Å². The molecule has 0 aliphatic heterocycles. The molecule has 0 nitrogen and oxygen atoms in total. The first-order valence-electron chi connectivity index (χ1n) is 9.30. The van der Waals surface area contributed by atoms with Crippen molar-refractivity contribution in [3.8, 4) is 11.1 Å². The first-order valence-corrected chi connectivity index (χ1v) is 9.30. The van der Waals surface area contributed by atoms with Crippen molar-refractivity contribution in [2.24, 2.45) is 0 Å². The van der Waals surface area contributed by atoms with Crippen LogP contribution < -0.4 is 0 Å². The Labute approximate surface area is 149 Å². The van der Waals surface area contributed by atoms with Gasteiger partial charge in [0.25, 0.3) is 0 Å². The summed E-state index contributed by atoms with van der Waals surface area (Å²) in [6, 6.07) is 15.8. The summed E-state index contributed by atoms with van der Waals surface area (Å²) in [5.74, 6) is 0.559. The van der Waals surface area contributed by atoms with Gasteiger partial charge in [-0.2, -0.15) is 0 Å². The average Bonchev–Trinajstić information content (AvgIpc) is 2.51. The van der Waals surface area contributed by atoms with Crippen LogP contribution in [-0.4, -0.2) is 0 Å². The maximum atomic E-state index is 2.37. The van der Waals surface area contributed by atoms with Crippen molar-refractivity contribution in [1.82, 2.24) is 0 Å². The Morgan fingerprint density at radius 2 is 1.21 bits per heavy atom. The van der Waals surface area contributed by atoms with E-state index in [0.29, 0.717) is 5.92 Å². The Morgan fingerprint density at radius 3 is 1.75 bits per heavy atom. The molecule has 0 heterocycles. The molecule has 0 bridgehead atoms. The minimum Gasteiger partial charge on any atom is -0.0648 e. The first-order chi connectivity index (χ1) is 11.1. The third-order valence-corrected chi connectivity index (χ3v) is 5.04. The van der Waals surface area contributed by atoms with Crippen molar-refractivity contribution < 1.29 is 0 Å². The molecule has 0 N–H and O–H groups in total. The van der Waals surface area contributed by atoms with E-state index >= 15 is 0 Å². The lowest BCUT2D eigenvalue weighted by atomic mass is 9.74. The van der Waals surface area contributed by atoms with Crippen LogP contribution >= 0.6 is 0 Å². The van der Waals surface area contributed by atoms with E-state index in [1.54, 1.807) is 0 Å². The molecule has 0 radical (unpaired) electrons. The van der Waals surface area contributed by atoms with E-state index < -0.39 is 0 Å². The Balaban J connectivity index is 2.82. The van der Waals surface area contributed by atoms with Gasteiger partial charge in [0.1, 0.15) is 0 Å². The highest BCUT2D eigenvalue weighted by atomic mass is 14.3. The topological polar surface area (TPSA) is 0 Å². The predicted molar refractivity (Wildman–Crippen MR) is 108 cm³/mol. The van der Waals surface area contributed by atoms with Crippen LogP contribution in [0.1, 0.15) is 84.4 Å². The van der Waals surface area contributed by atoms with Gasteiger partial charge in [0.2, 0.25) is 0 Å². The molecule has 2 aromatic rings. The summed E-state index contributed by atoms with van der Waals surface area (Å²) < 4.78 is 0. The van der Waals surface area contributed by atoms with E-state index in [-0.39, 0.29) is 10.8 Å². The van der Waals surface area contributed by atoms with Crippen LogP contribution in [0.15, 0.2) is 42.5 Å². The molecule has 130 valence electrons. The van der Waals surface area contributed by atoms with Crippen LogP contribution in [0.3, 0.4) is 0 Å². The van der Waals surface area contributed by atoms with E-state index in [2.05, 4.69) is 97.9 Å². The van der Waals surface area contributed by atoms with Crippen LogP contribution in [0.5, 0.6) is 0 Å². The summed E-state index contributed by atoms with van der Waals surface area (Å²) in [7, 11) is 0. The van der Waals surface area contributed by atoms with E-state index in [1.165, 1.54) is 27.8 Å². The zero-order valence-electron chi connectivity index (χ0n) is 16.8. The molecule has 0 fully saturated rings. The molecule has 2 rings (SSSR count). The maximum Gasteiger partial charge on any atom is -0.0126 e. The van der Waals surface area contributed by atoms with Gasteiger partial charge in [-0.15, -0.1) is 0 Å². The number of benzene rings is 2. The fourth-order valence-electron chi connectivity index (χ4n) is 3.56. The van der Waals surface area contributed by atoms with Gasteiger partial charge >= 0.3 is 0 Å². The lowest BCUT2D eigenvalue weighted by molar-refractivity contribution is 0.570. The fourth-order valence-corrected chi connectivity index (χ4v) is 3.56. The van der Waals surface area contributed by atoms with Crippen molar-refractivity contribution in [3.05, 3.63) is 59.2 Å². The van der Waals surface area contributed by atoms with Gasteiger partial charge in [0.05, 0.1) is 0 Å². The Morgan fingerprint density at radius 1 is 0.708 bits per heavy atom. The molecule has 0 aliphatic carbocycles. The third-order valence-electron chi connectivity index (χ3n) is 5.04. The molecule has 0 aromatic heterocycles. The van der Waals surface area contributed by atoms with Gasteiger partial charge in [0, 0.05) is 0 Å². The quantitative estimate of drug-likeness (QED) is 0.550. The zero-order valence-corrected chi connectivity index (χ0v) is 16.8. The molecule has 2 aromatic carbocycles. The van der Waals surface area contributed by atoms with Crippen LogP contribution in [0.25, 0.3) is 11.1 Å². The zero-order chi connectivity index (χ0) is 18.1. The van der Waals surface area contributed by atoms with E-state index in [4.69, 9.17) is 0 Å². The molecular weight excluding hydrogens is 288 g/mol. The Bertz CT molecular complexity index is 693. The van der Waals surface area contributed by atoms with Gasteiger partial charge < -0.3 is 0 Å². The molecule has 0 saturated carbocycles. The highest BCUT2D eigenvalue weighted by Gasteiger charge is 2.25. The maximum absolute atomic E-state index is 2.37. The second-order valence-electron chi connectivity index (χ2n) is 9.12. The lowest BCUT2D eigenvalue weighted by Crippen LogP contribution is -2.17. The summed E-state index contributed by atoms with van der Waals surface area (Å²) >= 11 is 0. The molecule has 0 saturated heterocycles. The summed E-state index contributed by atoms with van der Waals surface area (Å²) in [5, 5.41) is 0. The monoisotopic (exact) mass is 322 g/mol. The highest BCUT2D eigenvalue weighted by Crippen LogP contribution is 2.41. The van der Waals surface area contributed by atoms with Crippen molar-refractivity contribution in [3.63, 3.8) is 0 Å². The molecule has 1 unspecified atom stereocenters. The second kappa shape index (κ2) is 6.75. The standard InChI is InChI=1S/C24H34/c1-9-17(2)22-19(14-12-16-21(22)24(6,7)8)18-13-10-11-15-20(18)23(3,4)5/h10-17H,9H2,1-8H3. The number of hydrogen-bond donors (Lipinski definition) is 0. The third kappa shape index (κ3) is 3.74. The molecule has 0 heteroatoms. The largest absolute Gasteiger partial charge is 0.0648 e. The highest BCUT2D eigenvalue weighted by molar-refractivity contribution is 5.74. The smallest absolute Gasteiger partial charge is 0.0126 e. The van der Waals surface area contributed by atoms with Gasteiger partial charge in [-0.1, -0.05) is 97.9 Å². The summed E-state index contributed by atoms with van der Waals surface area (Å²) in [6.07, 6.45) is 1.16. The van der Waals surface area contributed by atoms with Gasteiger partial charge in [-0.25, -0.2) is 0 Å².